The summed E-state index contributed by atoms with van der Waals surface area (Å²) >= 11 is 0. The Morgan fingerprint density at radius 3 is 2.81 bits per heavy atom. The molecule has 0 aliphatic heterocycles. The zero-order valence-electron chi connectivity index (χ0n) is 11.6. The van der Waals surface area contributed by atoms with Crippen molar-refractivity contribution in [1.82, 2.24) is 34.5 Å². The molecule has 3 aromatic rings. The molecule has 0 saturated heterocycles. The van der Waals surface area contributed by atoms with Crippen molar-refractivity contribution >= 4 is 5.95 Å². The number of anilines is 1. The molecule has 0 radical (unpaired) electrons. The lowest BCUT2D eigenvalue weighted by Crippen LogP contribution is -2.08. The Hall–Kier alpha value is -2.97. The third-order valence-corrected chi connectivity index (χ3v) is 2.68. The van der Waals surface area contributed by atoms with Crippen molar-refractivity contribution in [3.8, 4) is 17.7 Å². The highest BCUT2D eigenvalue weighted by Gasteiger charge is 2.10. The van der Waals surface area contributed by atoms with Crippen LogP contribution in [0.4, 0.5) is 5.95 Å². The first kappa shape index (κ1) is 13.0. The van der Waals surface area contributed by atoms with Gasteiger partial charge in [0.1, 0.15) is 0 Å². The second kappa shape index (κ2) is 5.57. The first-order chi connectivity index (χ1) is 10.3. The Balaban J connectivity index is 1.92. The second-order valence-corrected chi connectivity index (χ2v) is 4.08. The van der Waals surface area contributed by atoms with Gasteiger partial charge in [-0.05, 0) is 13.0 Å². The van der Waals surface area contributed by atoms with Gasteiger partial charge >= 0.3 is 6.01 Å². The summed E-state index contributed by atoms with van der Waals surface area (Å²) in [4.78, 5) is 12.6. The number of aromatic nitrogens is 7. The number of hydrogen-bond donors (Lipinski definition) is 1. The minimum absolute atomic E-state index is 0.176. The van der Waals surface area contributed by atoms with Gasteiger partial charge < -0.3 is 10.1 Å². The van der Waals surface area contributed by atoms with E-state index in [1.165, 1.54) is 4.68 Å². The van der Waals surface area contributed by atoms with Gasteiger partial charge in [0.2, 0.25) is 5.95 Å². The Morgan fingerprint density at radius 2 is 2.14 bits per heavy atom. The van der Waals surface area contributed by atoms with Crippen molar-refractivity contribution in [2.75, 3.05) is 12.4 Å². The third kappa shape index (κ3) is 2.81. The van der Waals surface area contributed by atoms with Crippen molar-refractivity contribution in [2.45, 2.75) is 13.5 Å². The van der Waals surface area contributed by atoms with Crippen LogP contribution in [0.5, 0.6) is 11.8 Å². The zero-order valence-corrected chi connectivity index (χ0v) is 11.6. The molecule has 0 spiro atoms. The molecule has 9 nitrogen and oxygen atoms in total. The van der Waals surface area contributed by atoms with E-state index in [0.717, 1.165) is 6.54 Å². The van der Waals surface area contributed by atoms with Crippen LogP contribution in [0.2, 0.25) is 0 Å². The molecule has 9 heteroatoms. The van der Waals surface area contributed by atoms with E-state index in [2.05, 4.69) is 30.5 Å². The fraction of sp³-hybridized carbons (Fsp3) is 0.250. The maximum Gasteiger partial charge on any atom is 0.328 e. The highest BCUT2D eigenvalue weighted by molar-refractivity contribution is 5.30. The molecule has 0 saturated carbocycles. The smallest absolute Gasteiger partial charge is 0.328 e. The summed E-state index contributed by atoms with van der Waals surface area (Å²) in [7, 11) is 1.72. The summed E-state index contributed by atoms with van der Waals surface area (Å²) in [5, 5.41) is 11.1. The normalized spacial score (nSPS) is 10.6. The molecule has 0 unspecified atom stereocenters. The monoisotopic (exact) mass is 286 g/mol. The van der Waals surface area contributed by atoms with Gasteiger partial charge in [-0.25, -0.2) is 4.68 Å². The van der Waals surface area contributed by atoms with Gasteiger partial charge in [0.15, 0.2) is 5.75 Å². The van der Waals surface area contributed by atoms with E-state index >= 15 is 0 Å². The Bertz CT molecular complexity index is 721. The topological polar surface area (TPSA) is 95.6 Å². The maximum atomic E-state index is 5.62. The zero-order chi connectivity index (χ0) is 14.7. The fourth-order valence-electron chi connectivity index (χ4n) is 1.67. The quantitative estimate of drug-likeness (QED) is 0.750. The predicted octanol–water partition coefficient (Wildman–Crippen LogP) is 1.11. The van der Waals surface area contributed by atoms with Crippen LogP contribution >= 0.6 is 0 Å². The number of rotatable bonds is 5. The average Bonchev–Trinajstić information content (AvgIpc) is 3.18. The largest absolute Gasteiger partial charge is 0.421 e. The van der Waals surface area contributed by atoms with Crippen LogP contribution in [0, 0.1) is 0 Å². The Morgan fingerprint density at radius 1 is 1.24 bits per heavy atom. The van der Waals surface area contributed by atoms with Crippen LogP contribution in [0.25, 0.3) is 5.95 Å². The van der Waals surface area contributed by atoms with E-state index < -0.39 is 0 Å². The lowest BCUT2D eigenvalue weighted by atomic mass is 10.6. The van der Waals surface area contributed by atoms with Crippen LogP contribution in [0.3, 0.4) is 0 Å². The van der Waals surface area contributed by atoms with Gasteiger partial charge in [0.05, 0.1) is 12.4 Å². The standard InChI is InChI=1S/C12H14N8O/c1-3-19-8-9(7-15-19)21-12-17-10(13-2)16-11(18-12)20-6-4-5-14-20/h4-8H,3H2,1-2H3,(H,13,16,17,18). The summed E-state index contributed by atoms with van der Waals surface area (Å²) < 4.78 is 8.90. The molecule has 1 N–H and O–H groups in total. The molecular formula is C12H14N8O. The minimum atomic E-state index is 0.176. The number of nitrogens with zero attached hydrogens (tertiary/aromatic N) is 7. The first-order valence-electron chi connectivity index (χ1n) is 6.42. The third-order valence-electron chi connectivity index (χ3n) is 2.68. The van der Waals surface area contributed by atoms with E-state index in [4.69, 9.17) is 4.74 Å². The van der Waals surface area contributed by atoms with Crippen molar-refractivity contribution in [3.63, 3.8) is 0 Å². The molecule has 0 aromatic carbocycles. The van der Waals surface area contributed by atoms with E-state index in [-0.39, 0.29) is 6.01 Å². The van der Waals surface area contributed by atoms with Gasteiger partial charge in [-0.1, -0.05) is 0 Å². The van der Waals surface area contributed by atoms with E-state index in [0.29, 0.717) is 17.6 Å². The molecule has 0 atom stereocenters. The molecule has 108 valence electrons. The van der Waals surface area contributed by atoms with E-state index in [1.54, 1.807) is 42.6 Å². The molecule has 3 aromatic heterocycles. The van der Waals surface area contributed by atoms with Crippen LogP contribution in [0.15, 0.2) is 30.9 Å². The summed E-state index contributed by atoms with van der Waals surface area (Å²) in [6, 6.07) is 1.96. The van der Waals surface area contributed by atoms with Crippen LogP contribution in [-0.4, -0.2) is 41.6 Å². The maximum absolute atomic E-state index is 5.62. The summed E-state index contributed by atoms with van der Waals surface area (Å²) in [6.45, 7) is 2.76. The number of ether oxygens (including phenoxy) is 1. The summed E-state index contributed by atoms with van der Waals surface area (Å²) in [5.74, 6) is 1.34. The average molecular weight is 286 g/mol. The lowest BCUT2D eigenvalue weighted by Gasteiger charge is -2.06. The molecule has 0 aliphatic carbocycles. The van der Waals surface area contributed by atoms with Gasteiger partial charge in [0.25, 0.3) is 5.95 Å². The fourth-order valence-corrected chi connectivity index (χ4v) is 1.67. The molecule has 0 aliphatic rings. The highest BCUT2D eigenvalue weighted by Crippen LogP contribution is 2.18. The molecule has 0 bridgehead atoms. The molecule has 0 fully saturated rings. The molecular weight excluding hydrogens is 272 g/mol. The van der Waals surface area contributed by atoms with Crippen molar-refractivity contribution in [3.05, 3.63) is 30.9 Å². The summed E-state index contributed by atoms with van der Waals surface area (Å²) in [5.41, 5.74) is 0. The van der Waals surface area contributed by atoms with Crippen molar-refractivity contribution in [1.29, 1.82) is 0 Å². The molecule has 21 heavy (non-hydrogen) atoms. The van der Waals surface area contributed by atoms with Crippen molar-refractivity contribution in [2.24, 2.45) is 0 Å². The lowest BCUT2D eigenvalue weighted by molar-refractivity contribution is 0.437. The second-order valence-electron chi connectivity index (χ2n) is 4.08. The van der Waals surface area contributed by atoms with Gasteiger partial charge in [0, 0.05) is 26.0 Å². The van der Waals surface area contributed by atoms with Gasteiger partial charge in [-0.2, -0.15) is 25.1 Å². The Labute approximate surface area is 120 Å². The first-order valence-corrected chi connectivity index (χ1v) is 6.42. The van der Waals surface area contributed by atoms with Gasteiger partial charge in [-0.15, -0.1) is 0 Å². The van der Waals surface area contributed by atoms with Gasteiger partial charge in [-0.3, -0.25) is 4.68 Å². The predicted molar refractivity (Wildman–Crippen MR) is 74.5 cm³/mol. The SMILES string of the molecule is CCn1cc(Oc2nc(NC)nc(-n3cccn3)n2)cn1. The Kier molecular flexibility index (Phi) is 3.46. The molecule has 3 rings (SSSR count). The van der Waals surface area contributed by atoms with Crippen LogP contribution < -0.4 is 10.1 Å². The minimum Gasteiger partial charge on any atom is -0.421 e. The summed E-state index contributed by atoms with van der Waals surface area (Å²) in [6.07, 6.45) is 6.78. The number of hydrogen-bond acceptors (Lipinski definition) is 7. The highest BCUT2D eigenvalue weighted by atomic mass is 16.5. The van der Waals surface area contributed by atoms with Crippen LogP contribution in [0.1, 0.15) is 6.92 Å². The number of nitrogens with one attached hydrogen (secondary N) is 1. The van der Waals surface area contributed by atoms with E-state index in [9.17, 15) is 0 Å². The molecule has 0 amide bonds. The van der Waals surface area contributed by atoms with Crippen molar-refractivity contribution < 1.29 is 4.74 Å². The molecule has 3 heterocycles. The van der Waals surface area contributed by atoms with E-state index in [1.807, 2.05) is 6.92 Å². The number of aryl methyl sites for hydroxylation is 1. The van der Waals surface area contributed by atoms with Crippen LogP contribution in [-0.2, 0) is 6.54 Å².